The van der Waals surface area contributed by atoms with Crippen molar-refractivity contribution in [2.75, 3.05) is 25.5 Å². The molecule has 0 aliphatic carbocycles. The van der Waals surface area contributed by atoms with Crippen LogP contribution in [0.15, 0.2) is 18.2 Å². The number of nitrogens with one attached hydrogen (secondary N) is 2. The predicted octanol–water partition coefficient (Wildman–Crippen LogP) is 2.55. The molecule has 1 atom stereocenters. The van der Waals surface area contributed by atoms with E-state index in [0.29, 0.717) is 12.2 Å². The van der Waals surface area contributed by atoms with Crippen LogP contribution in [-0.2, 0) is 4.79 Å². The topological polar surface area (TPSA) is 50.4 Å². The van der Waals surface area contributed by atoms with Crippen LogP contribution in [0.25, 0.3) is 0 Å². The van der Waals surface area contributed by atoms with E-state index >= 15 is 0 Å². The summed E-state index contributed by atoms with van der Waals surface area (Å²) in [5.74, 6) is -0.331. The number of amides is 1. The Kier molecular flexibility index (Phi) is 4.60. The third kappa shape index (κ3) is 2.93. The molecule has 1 unspecified atom stereocenters. The SMILES string of the molecule is CCCC1(C(=O)Nc2ccc(OC)c(F)c2)CCNC1. The van der Waals surface area contributed by atoms with Crippen molar-refractivity contribution >= 4 is 11.6 Å². The standard InChI is InChI=1S/C15H21FN2O2/c1-3-6-15(7-8-17-10-15)14(19)18-11-4-5-13(20-2)12(16)9-11/h4-5,9,17H,3,6-8,10H2,1-2H3,(H,18,19). The van der Waals surface area contributed by atoms with E-state index in [1.807, 2.05) is 0 Å². The van der Waals surface area contributed by atoms with E-state index in [4.69, 9.17) is 4.74 Å². The van der Waals surface area contributed by atoms with E-state index in [9.17, 15) is 9.18 Å². The van der Waals surface area contributed by atoms with Gasteiger partial charge in [0.2, 0.25) is 5.91 Å². The lowest BCUT2D eigenvalue weighted by Crippen LogP contribution is -2.38. The lowest BCUT2D eigenvalue weighted by atomic mass is 9.81. The number of hydrogen-bond acceptors (Lipinski definition) is 3. The first-order valence-electron chi connectivity index (χ1n) is 6.97. The van der Waals surface area contributed by atoms with Gasteiger partial charge in [-0.1, -0.05) is 13.3 Å². The van der Waals surface area contributed by atoms with Gasteiger partial charge in [-0.15, -0.1) is 0 Å². The molecule has 2 rings (SSSR count). The highest BCUT2D eigenvalue weighted by atomic mass is 19.1. The third-order valence-corrected chi connectivity index (χ3v) is 3.86. The molecule has 1 saturated heterocycles. The van der Waals surface area contributed by atoms with E-state index in [1.54, 1.807) is 6.07 Å². The van der Waals surface area contributed by atoms with Crippen LogP contribution in [-0.4, -0.2) is 26.1 Å². The first-order valence-corrected chi connectivity index (χ1v) is 6.97. The van der Waals surface area contributed by atoms with Gasteiger partial charge in [0, 0.05) is 18.3 Å². The largest absolute Gasteiger partial charge is 0.494 e. The molecule has 1 fully saturated rings. The van der Waals surface area contributed by atoms with Crippen molar-refractivity contribution in [2.45, 2.75) is 26.2 Å². The van der Waals surface area contributed by atoms with Crippen LogP contribution in [0.1, 0.15) is 26.2 Å². The summed E-state index contributed by atoms with van der Waals surface area (Å²) in [4.78, 5) is 12.5. The molecule has 1 aromatic carbocycles. The smallest absolute Gasteiger partial charge is 0.231 e. The van der Waals surface area contributed by atoms with Gasteiger partial charge in [-0.05, 0) is 31.5 Å². The average molecular weight is 280 g/mol. The van der Waals surface area contributed by atoms with Gasteiger partial charge in [0.1, 0.15) is 0 Å². The molecule has 0 bridgehead atoms. The van der Waals surface area contributed by atoms with Crippen LogP contribution in [0.4, 0.5) is 10.1 Å². The maximum absolute atomic E-state index is 13.6. The number of hydrogen-bond donors (Lipinski definition) is 2. The van der Waals surface area contributed by atoms with Crippen LogP contribution < -0.4 is 15.4 Å². The number of rotatable bonds is 5. The van der Waals surface area contributed by atoms with Crippen LogP contribution in [0.2, 0.25) is 0 Å². The number of ether oxygens (including phenoxy) is 1. The summed E-state index contributed by atoms with van der Waals surface area (Å²) in [6.07, 6.45) is 2.61. The second-order valence-corrected chi connectivity index (χ2v) is 5.26. The van der Waals surface area contributed by atoms with Crippen molar-refractivity contribution in [1.82, 2.24) is 5.32 Å². The molecule has 0 aromatic heterocycles. The van der Waals surface area contributed by atoms with Crippen LogP contribution in [0, 0.1) is 11.2 Å². The van der Waals surface area contributed by atoms with E-state index in [-0.39, 0.29) is 17.1 Å². The molecule has 2 N–H and O–H groups in total. The molecule has 110 valence electrons. The molecule has 0 spiro atoms. The molecule has 1 aliphatic rings. The summed E-state index contributed by atoms with van der Waals surface area (Å²) in [6.45, 7) is 3.61. The summed E-state index contributed by atoms with van der Waals surface area (Å²) in [6, 6.07) is 4.46. The molecule has 20 heavy (non-hydrogen) atoms. The summed E-state index contributed by atoms with van der Waals surface area (Å²) < 4.78 is 18.5. The summed E-state index contributed by atoms with van der Waals surface area (Å²) in [5.41, 5.74) is 0.0983. The minimum Gasteiger partial charge on any atom is -0.494 e. The maximum Gasteiger partial charge on any atom is 0.231 e. The van der Waals surface area contributed by atoms with Crippen molar-refractivity contribution in [1.29, 1.82) is 0 Å². The zero-order valence-electron chi connectivity index (χ0n) is 12.0. The van der Waals surface area contributed by atoms with Gasteiger partial charge in [-0.3, -0.25) is 4.79 Å². The highest BCUT2D eigenvalue weighted by molar-refractivity contribution is 5.95. The Labute approximate surface area is 118 Å². The first-order chi connectivity index (χ1) is 9.61. The van der Waals surface area contributed by atoms with E-state index in [1.165, 1.54) is 19.2 Å². The Morgan fingerprint density at radius 1 is 1.55 bits per heavy atom. The minimum absolute atomic E-state index is 0.0334. The monoisotopic (exact) mass is 280 g/mol. The predicted molar refractivity (Wildman–Crippen MR) is 76.4 cm³/mol. The van der Waals surface area contributed by atoms with E-state index in [2.05, 4.69) is 17.6 Å². The summed E-state index contributed by atoms with van der Waals surface area (Å²) >= 11 is 0. The second-order valence-electron chi connectivity index (χ2n) is 5.26. The Morgan fingerprint density at radius 3 is 2.90 bits per heavy atom. The van der Waals surface area contributed by atoms with Crippen molar-refractivity contribution in [3.8, 4) is 5.75 Å². The Morgan fingerprint density at radius 2 is 2.35 bits per heavy atom. The fourth-order valence-electron chi connectivity index (χ4n) is 2.75. The minimum atomic E-state index is -0.473. The van der Waals surface area contributed by atoms with Gasteiger partial charge in [0.05, 0.1) is 12.5 Å². The molecule has 1 heterocycles. The van der Waals surface area contributed by atoms with Crippen molar-refractivity contribution in [2.24, 2.45) is 5.41 Å². The third-order valence-electron chi connectivity index (χ3n) is 3.86. The number of benzene rings is 1. The van der Waals surface area contributed by atoms with Crippen LogP contribution in [0.3, 0.4) is 0 Å². The van der Waals surface area contributed by atoms with Gasteiger partial charge in [-0.2, -0.15) is 0 Å². The first kappa shape index (κ1) is 14.8. The highest BCUT2D eigenvalue weighted by Gasteiger charge is 2.40. The number of carbonyl (C=O) groups excluding carboxylic acids is 1. The van der Waals surface area contributed by atoms with E-state index < -0.39 is 5.82 Å². The van der Waals surface area contributed by atoms with Crippen molar-refractivity contribution < 1.29 is 13.9 Å². The van der Waals surface area contributed by atoms with Gasteiger partial charge >= 0.3 is 0 Å². The highest BCUT2D eigenvalue weighted by Crippen LogP contribution is 2.33. The molecule has 0 radical (unpaired) electrons. The molecular formula is C15H21FN2O2. The summed E-state index contributed by atoms with van der Waals surface area (Å²) in [5, 5.41) is 6.07. The quantitative estimate of drug-likeness (QED) is 0.871. The molecule has 1 aromatic rings. The molecule has 0 saturated carbocycles. The second kappa shape index (κ2) is 6.22. The van der Waals surface area contributed by atoms with Crippen molar-refractivity contribution in [3.63, 3.8) is 0 Å². The van der Waals surface area contributed by atoms with Gasteiger partial charge in [-0.25, -0.2) is 4.39 Å². The molecule has 4 nitrogen and oxygen atoms in total. The Balaban J connectivity index is 2.12. The van der Waals surface area contributed by atoms with Crippen LogP contribution >= 0.6 is 0 Å². The molecule has 5 heteroatoms. The molecule has 1 amide bonds. The number of anilines is 1. The summed E-state index contributed by atoms with van der Waals surface area (Å²) in [7, 11) is 1.41. The molecule has 1 aliphatic heterocycles. The number of halogens is 1. The fourth-order valence-corrected chi connectivity index (χ4v) is 2.75. The van der Waals surface area contributed by atoms with Crippen LogP contribution in [0.5, 0.6) is 5.75 Å². The lowest BCUT2D eigenvalue weighted by molar-refractivity contribution is -0.125. The Bertz CT molecular complexity index is 485. The zero-order valence-corrected chi connectivity index (χ0v) is 12.0. The van der Waals surface area contributed by atoms with Crippen molar-refractivity contribution in [3.05, 3.63) is 24.0 Å². The van der Waals surface area contributed by atoms with Gasteiger partial charge in [0.15, 0.2) is 11.6 Å². The fraction of sp³-hybridized carbons (Fsp3) is 0.533. The molecular weight excluding hydrogens is 259 g/mol. The number of methoxy groups -OCH3 is 1. The number of carbonyl (C=O) groups is 1. The maximum atomic E-state index is 13.6. The lowest BCUT2D eigenvalue weighted by Gasteiger charge is -2.26. The average Bonchev–Trinajstić information content (AvgIpc) is 2.89. The van der Waals surface area contributed by atoms with Gasteiger partial charge < -0.3 is 15.4 Å². The zero-order chi connectivity index (χ0) is 14.6. The van der Waals surface area contributed by atoms with Gasteiger partial charge in [0.25, 0.3) is 0 Å². The Hall–Kier alpha value is -1.62. The van der Waals surface area contributed by atoms with E-state index in [0.717, 1.165) is 25.8 Å². The normalized spacial score (nSPS) is 21.8.